The Morgan fingerprint density at radius 2 is 1.66 bits per heavy atom. The zero-order valence-electron chi connectivity index (χ0n) is 23.3. The fourth-order valence-electron chi connectivity index (χ4n) is 4.17. The minimum atomic E-state index is -0.958. The van der Waals surface area contributed by atoms with E-state index in [-0.39, 0.29) is 18.9 Å². The summed E-state index contributed by atoms with van der Waals surface area (Å²) in [5.74, 6) is 1.93. The molecule has 204 valence electrons. The molecule has 2 aromatic rings. The quantitative estimate of drug-likeness (QED) is 0.305. The van der Waals surface area contributed by atoms with Crippen molar-refractivity contribution in [3.63, 3.8) is 0 Å². The highest BCUT2D eigenvalue weighted by Crippen LogP contribution is 2.26. The molecule has 2 atom stereocenters. The Hall–Kier alpha value is -3.79. The van der Waals surface area contributed by atoms with Crippen LogP contribution in [0.3, 0.4) is 0 Å². The minimum Gasteiger partial charge on any atom is -0.444 e. The summed E-state index contributed by atoms with van der Waals surface area (Å²) in [6.45, 7) is 9.90. The largest absolute Gasteiger partial charge is 0.444 e. The molecule has 7 heteroatoms. The molecule has 0 spiro atoms. The molecule has 7 nitrogen and oxygen atoms in total. The van der Waals surface area contributed by atoms with Crippen molar-refractivity contribution in [2.24, 2.45) is 0 Å². The van der Waals surface area contributed by atoms with Crippen LogP contribution in [0.1, 0.15) is 76.6 Å². The molecule has 3 amide bonds. The Bertz CT molecular complexity index is 1100. The summed E-state index contributed by atoms with van der Waals surface area (Å²) in [5.41, 5.74) is 1.23. The molecule has 0 radical (unpaired) electrons. The number of nitrogens with zero attached hydrogens (tertiary/aromatic N) is 1. The summed E-state index contributed by atoms with van der Waals surface area (Å²) < 4.78 is 5.45. The van der Waals surface area contributed by atoms with Crippen LogP contribution in [0.4, 0.5) is 4.79 Å². The van der Waals surface area contributed by atoms with Crippen LogP contribution >= 0.6 is 0 Å². The highest BCUT2D eigenvalue weighted by atomic mass is 16.6. The van der Waals surface area contributed by atoms with Gasteiger partial charge in [-0.25, -0.2) is 4.79 Å². The smallest absolute Gasteiger partial charge is 0.408 e. The molecular weight excluding hydrogens is 478 g/mol. The van der Waals surface area contributed by atoms with Crippen molar-refractivity contribution in [3.8, 4) is 12.3 Å². The minimum absolute atomic E-state index is 0.228. The van der Waals surface area contributed by atoms with Crippen molar-refractivity contribution in [3.05, 3.63) is 71.3 Å². The Balaban J connectivity index is 2.47. The topological polar surface area (TPSA) is 87.7 Å². The van der Waals surface area contributed by atoms with Gasteiger partial charge in [0.25, 0.3) is 0 Å². The first-order chi connectivity index (χ1) is 18.1. The summed E-state index contributed by atoms with van der Waals surface area (Å²) in [7, 11) is 0. The number of carbonyl (C=O) groups is 3. The zero-order chi connectivity index (χ0) is 28.1. The second kappa shape index (κ2) is 14.8. The lowest BCUT2D eigenvalue weighted by Gasteiger charge is -2.34. The van der Waals surface area contributed by atoms with Gasteiger partial charge < -0.3 is 20.3 Å². The van der Waals surface area contributed by atoms with Gasteiger partial charge in [-0.05, 0) is 51.3 Å². The first-order valence-corrected chi connectivity index (χ1v) is 13.3. The van der Waals surface area contributed by atoms with E-state index in [1.54, 1.807) is 52.0 Å². The molecule has 2 N–H and O–H groups in total. The second-order valence-corrected chi connectivity index (χ2v) is 10.1. The van der Waals surface area contributed by atoms with Gasteiger partial charge in [-0.15, -0.1) is 6.42 Å². The van der Waals surface area contributed by atoms with Crippen LogP contribution in [0.5, 0.6) is 0 Å². The third-order valence-electron chi connectivity index (χ3n) is 5.95. The fraction of sp³-hybridized carbons (Fsp3) is 0.452. The van der Waals surface area contributed by atoms with E-state index in [2.05, 4.69) is 23.5 Å². The number of rotatable bonds is 12. The van der Waals surface area contributed by atoms with Crippen molar-refractivity contribution < 1.29 is 19.1 Å². The number of amides is 3. The van der Waals surface area contributed by atoms with Gasteiger partial charge in [-0.3, -0.25) is 9.59 Å². The van der Waals surface area contributed by atoms with Gasteiger partial charge in [0.15, 0.2) is 0 Å². The molecular formula is C31H41N3O4. The normalized spacial score (nSPS) is 12.5. The predicted molar refractivity (Wildman–Crippen MR) is 150 cm³/mol. The van der Waals surface area contributed by atoms with Crippen molar-refractivity contribution in [1.82, 2.24) is 15.5 Å². The van der Waals surface area contributed by atoms with E-state index in [1.165, 1.54) is 4.90 Å². The number of ether oxygens (including phenoxy) is 1. The van der Waals surface area contributed by atoms with E-state index in [1.807, 2.05) is 30.3 Å². The maximum Gasteiger partial charge on any atom is 0.408 e. The highest BCUT2D eigenvalue weighted by Gasteiger charge is 2.36. The summed E-state index contributed by atoms with van der Waals surface area (Å²) in [6, 6.07) is 14.6. The lowest BCUT2D eigenvalue weighted by Crippen LogP contribution is -2.54. The van der Waals surface area contributed by atoms with Crippen LogP contribution in [0.2, 0.25) is 0 Å². The first-order valence-electron chi connectivity index (χ1n) is 13.3. The molecule has 0 saturated carbocycles. The van der Waals surface area contributed by atoms with Gasteiger partial charge in [0, 0.05) is 25.1 Å². The van der Waals surface area contributed by atoms with E-state index in [0.29, 0.717) is 17.7 Å². The number of terminal acetylenes is 1. The summed E-state index contributed by atoms with van der Waals surface area (Å²) in [5, 5.41) is 5.73. The Kier molecular flexibility index (Phi) is 11.9. The van der Waals surface area contributed by atoms with Crippen LogP contribution < -0.4 is 10.6 Å². The summed E-state index contributed by atoms with van der Waals surface area (Å²) in [6.07, 6.45) is 8.15. The molecule has 0 fully saturated rings. The maximum absolute atomic E-state index is 14.1. The van der Waals surface area contributed by atoms with Crippen LogP contribution in [-0.2, 0) is 20.7 Å². The first kappa shape index (κ1) is 30.4. The van der Waals surface area contributed by atoms with Crippen LogP contribution in [0, 0.1) is 12.3 Å². The van der Waals surface area contributed by atoms with Gasteiger partial charge in [0.2, 0.25) is 11.8 Å². The highest BCUT2D eigenvalue weighted by molar-refractivity contribution is 5.92. The van der Waals surface area contributed by atoms with Crippen molar-refractivity contribution >= 4 is 17.9 Å². The van der Waals surface area contributed by atoms with Crippen LogP contribution in [-0.4, -0.2) is 47.5 Å². The number of hydrogen-bond acceptors (Lipinski definition) is 4. The number of alkyl carbamates (subject to hydrolysis) is 1. The standard InChI is InChI=1S/C31H41N3O4/c1-7-10-16-21-32-28(35)27(25-20-15-14-19-24(25)8-2)34(9-3)29(36)26(22-23-17-12-11-13-18-23)33-30(37)38-31(4,5)6/h2,11-15,17-20,26-27H,7,9-10,16,21-22H2,1,3-6H3,(H,32,35)(H,33,37). The second-order valence-electron chi connectivity index (χ2n) is 10.1. The number of likely N-dealkylation sites (N-methyl/N-ethyl adjacent to an activating group) is 1. The van der Waals surface area contributed by atoms with E-state index in [0.717, 1.165) is 24.8 Å². The predicted octanol–water partition coefficient (Wildman–Crippen LogP) is 5.00. The fourth-order valence-corrected chi connectivity index (χ4v) is 4.17. The molecule has 2 unspecified atom stereocenters. The monoisotopic (exact) mass is 519 g/mol. The third kappa shape index (κ3) is 9.26. The molecule has 0 aliphatic heterocycles. The number of hydrogen-bond donors (Lipinski definition) is 2. The Morgan fingerprint density at radius 3 is 2.26 bits per heavy atom. The van der Waals surface area contributed by atoms with Crippen LogP contribution in [0.25, 0.3) is 0 Å². The molecule has 0 aliphatic carbocycles. The van der Waals surface area contributed by atoms with Gasteiger partial charge in [-0.1, -0.05) is 74.2 Å². The lowest BCUT2D eigenvalue weighted by atomic mass is 9.96. The lowest BCUT2D eigenvalue weighted by molar-refractivity contribution is -0.142. The summed E-state index contributed by atoms with van der Waals surface area (Å²) >= 11 is 0. The van der Waals surface area contributed by atoms with Gasteiger partial charge in [0.05, 0.1) is 0 Å². The van der Waals surface area contributed by atoms with Crippen molar-refractivity contribution in [1.29, 1.82) is 0 Å². The molecule has 2 aromatic carbocycles. The van der Waals surface area contributed by atoms with Gasteiger partial charge >= 0.3 is 6.09 Å². The van der Waals surface area contributed by atoms with E-state index >= 15 is 0 Å². The van der Waals surface area contributed by atoms with Gasteiger partial charge in [0.1, 0.15) is 17.7 Å². The average molecular weight is 520 g/mol. The molecule has 0 aliphatic rings. The average Bonchev–Trinajstić information content (AvgIpc) is 2.88. The molecule has 2 rings (SSSR count). The van der Waals surface area contributed by atoms with Crippen LogP contribution in [0.15, 0.2) is 54.6 Å². The molecule has 0 aromatic heterocycles. The Labute approximate surface area is 227 Å². The summed E-state index contributed by atoms with van der Waals surface area (Å²) in [4.78, 5) is 41.9. The number of nitrogens with one attached hydrogen (secondary N) is 2. The molecule has 0 heterocycles. The van der Waals surface area contributed by atoms with E-state index < -0.39 is 29.7 Å². The molecule has 38 heavy (non-hydrogen) atoms. The Morgan fingerprint density at radius 1 is 1.00 bits per heavy atom. The van der Waals surface area contributed by atoms with E-state index in [4.69, 9.17) is 11.2 Å². The van der Waals surface area contributed by atoms with Crippen molar-refractivity contribution in [2.75, 3.05) is 13.1 Å². The number of unbranched alkanes of at least 4 members (excludes halogenated alkanes) is 2. The SMILES string of the molecule is C#Cc1ccccc1C(C(=O)NCCCCC)N(CC)C(=O)C(Cc1ccccc1)NC(=O)OC(C)(C)C. The number of carbonyl (C=O) groups excluding carboxylic acids is 3. The van der Waals surface area contributed by atoms with E-state index in [9.17, 15) is 14.4 Å². The maximum atomic E-state index is 14.1. The third-order valence-corrected chi connectivity index (χ3v) is 5.95. The van der Waals surface area contributed by atoms with Crippen molar-refractivity contribution in [2.45, 2.75) is 78.0 Å². The molecule has 0 bridgehead atoms. The molecule has 0 saturated heterocycles. The zero-order valence-corrected chi connectivity index (χ0v) is 23.3. The number of benzene rings is 2. The van der Waals surface area contributed by atoms with Gasteiger partial charge in [-0.2, -0.15) is 0 Å².